The van der Waals surface area contributed by atoms with Gasteiger partial charge in [0.05, 0.1) is 25.2 Å². The van der Waals surface area contributed by atoms with E-state index in [0.29, 0.717) is 43.6 Å². The Morgan fingerprint density at radius 1 is 1.31 bits per heavy atom. The zero-order valence-electron chi connectivity index (χ0n) is 15.4. The summed E-state index contributed by atoms with van der Waals surface area (Å²) in [7, 11) is -1.27. The van der Waals surface area contributed by atoms with Crippen molar-refractivity contribution in [2.75, 3.05) is 43.6 Å². The maximum atomic E-state index is 11.6. The summed E-state index contributed by atoms with van der Waals surface area (Å²) in [5.74, 6) is 2.55. The van der Waals surface area contributed by atoms with Crippen LogP contribution < -0.4 is 20.1 Å². The smallest absolute Gasteiger partial charge is 0.195 e. The van der Waals surface area contributed by atoms with E-state index in [2.05, 4.69) is 15.6 Å². The van der Waals surface area contributed by atoms with Crippen molar-refractivity contribution in [1.29, 1.82) is 0 Å². The molecule has 1 aromatic carbocycles. The lowest BCUT2D eigenvalue weighted by atomic mass is 10.1. The third kappa shape index (κ3) is 6.82. The van der Waals surface area contributed by atoms with E-state index in [9.17, 15) is 8.42 Å². The summed E-state index contributed by atoms with van der Waals surface area (Å²) in [6.07, 6.45) is 0.683. The predicted octanol–water partition coefficient (Wildman–Crippen LogP) is 2.52. The lowest BCUT2D eigenvalue weighted by molar-refractivity contribution is 0.311. The molecule has 7 nitrogen and oxygen atoms in total. The van der Waals surface area contributed by atoms with Crippen molar-refractivity contribution in [3.8, 4) is 11.5 Å². The van der Waals surface area contributed by atoms with E-state index in [4.69, 9.17) is 9.47 Å². The molecule has 1 saturated heterocycles. The highest BCUT2D eigenvalue weighted by molar-refractivity contribution is 14.0. The molecular formula is C17H28IN3O4S. The van der Waals surface area contributed by atoms with E-state index in [0.717, 1.165) is 5.69 Å². The molecule has 0 spiro atoms. The molecule has 2 rings (SSSR count). The fourth-order valence-electron chi connectivity index (χ4n) is 2.70. The lowest BCUT2D eigenvalue weighted by Gasteiger charge is -2.15. The van der Waals surface area contributed by atoms with Crippen LogP contribution in [-0.2, 0) is 9.84 Å². The van der Waals surface area contributed by atoms with Gasteiger partial charge < -0.3 is 20.1 Å². The average molecular weight is 497 g/mol. The van der Waals surface area contributed by atoms with Crippen LogP contribution in [0.1, 0.15) is 20.3 Å². The van der Waals surface area contributed by atoms with Crippen LogP contribution in [0.2, 0.25) is 0 Å². The van der Waals surface area contributed by atoms with Crippen LogP contribution in [0.5, 0.6) is 11.5 Å². The number of rotatable bonds is 7. The van der Waals surface area contributed by atoms with Gasteiger partial charge in [-0.05, 0) is 38.3 Å². The Hall–Kier alpha value is -1.23. The molecule has 0 radical (unpaired) electrons. The molecule has 1 heterocycles. The van der Waals surface area contributed by atoms with Crippen LogP contribution in [0.25, 0.3) is 0 Å². The monoisotopic (exact) mass is 497 g/mol. The fourth-order valence-corrected chi connectivity index (χ4v) is 4.55. The van der Waals surface area contributed by atoms with Crippen LogP contribution in [-0.4, -0.2) is 52.7 Å². The number of anilines is 1. The third-order valence-corrected chi connectivity index (χ3v) is 5.74. The molecule has 0 aromatic heterocycles. The number of halogens is 1. The zero-order valence-corrected chi connectivity index (χ0v) is 18.6. The van der Waals surface area contributed by atoms with E-state index in [1.807, 2.05) is 32.0 Å². The second-order valence-electron chi connectivity index (χ2n) is 5.91. The number of guanidine groups is 1. The van der Waals surface area contributed by atoms with Crippen LogP contribution in [0.15, 0.2) is 23.2 Å². The van der Waals surface area contributed by atoms with Crippen molar-refractivity contribution < 1.29 is 17.9 Å². The minimum absolute atomic E-state index is 0. The van der Waals surface area contributed by atoms with Gasteiger partial charge in [0, 0.05) is 24.8 Å². The molecule has 26 heavy (non-hydrogen) atoms. The van der Waals surface area contributed by atoms with Gasteiger partial charge in [-0.25, -0.2) is 8.42 Å². The van der Waals surface area contributed by atoms with E-state index in [-0.39, 0.29) is 41.4 Å². The van der Waals surface area contributed by atoms with E-state index >= 15 is 0 Å². The van der Waals surface area contributed by atoms with Gasteiger partial charge in [-0.1, -0.05) is 0 Å². The van der Waals surface area contributed by atoms with Gasteiger partial charge in [0.25, 0.3) is 0 Å². The first-order valence-corrected chi connectivity index (χ1v) is 10.4. The molecule has 0 saturated carbocycles. The summed E-state index contributed by atoms with van der Waals surface area (Å²) in [6.45, 7) is 5.65. The maximum Gasteiger partial charge on any atom is 0.195 e. The topological polar surface area (TPSA) is 89.0 Å². The lowest BCUT2D eigenvalue weighted by Crippen LogP contribution is -2.31. The van der Waals surface area contributed by atoms with Crippen LogP contribution in [0.3, 0.4) is 0 Å². The largest absolute Gasteiger partial charge is 0.493 e. The molecule has 1 fully saturated rings. The highest BCUT2D eigenvalue weighted by atomic mass is 127. The number of benzene rings is 1. The second-order valence-corrected chi connectivity index (χ2v) is 8.14. The van der Waals surface area contributed by atoms with Gasteiger partial charge in [0.1, 0.15) is 0 Å². The third-order valence-electron chi connectivity index (χ3n) is 3.90. The standard InChI is InChI=1S/C17H27N3O4S.HI/c1-4-18-17(19-11-13-8-9-25(21,22)12-13)20-14-6-7-15(23-3)16(10-14)24-5-2;/h6-7,10,13H,4-5,8-9,11-12H2,1-3H3,(H2,18,19,20);1H. The summed E-state index contributed by atoms with van der Waals surface area (Å²) in [4.78, 5) is 4.53. The van der Waals surface area contributed by atoms with Crippen molar-refractivity contribution in [3.63, 3.8) is 0 Å². The highest BCUT2D eigenvalue weighted by Gasteiger charge is 2.27. The predicted molar refractivity (Wildman–Crippen MR) is 116 cm³/mol. The first-order chi connectivity index (χ1) is 12.0. The van der Waals surface area contributed by atoms with Gasteiger partial charge in [-0.3, -0.25) is 4.99 Å². The van der Waals surface area contributed by atoms with Crippen molar-refractivity contribution in [2.24, 2.45) is 10.9 Å². The molecular weight excluding hydrogens is 469 g/mol. The molecule has 2 N–H and O–H groups in total. The molecule has 1 aliphatic rings. The minimum atomic E-state index is -2.87. The number of hydrogen-bond donors (Lipinski definition) is 2. The van der Waals surface area contributed by atoms with Gasteiger partial charge in [-0.2, -0.15) is 0 Å². The van der Waals surface area contributed by atoms with Gasteiger partial charge in [0.2, 0.25) is 0 Å². The van der Waals surface area contributed by atoms with Crippen LogP contribution in [0.4, 0.5) is 5.69 Å². The Bertz CT molecular complexity index is 710. The quantitative estimate of drug-likeness (QED) is 0.342. The Kier molecular flexibility index (Phi) is 9.48. The van der Waals surface area contributed by atoms with Crippen molar-refractivity contribution in [1.82, 2.24) is 5.32 Å². The maximum absolute atomic E-state index is 11.6. The summed E-state index contributed by atoms with van der Waals surface area (Å²) in [5.41, 5.74) is 0.822. The van der Waals surface area contributed by atoms with E-state index in [1.165, 1.54) is 0 Å². The first-order valence-electron chi connectivity index (χ1n) is 8.54. The molecule has 1 aromatic rings. The van der Waals surface area contributed by atoms with E-state index in [1.54, 1.807) is 7.11 Å². The number of hydrogen-bond acceptors (Lipinski definition) is 5. The van der Waals surface area contributed by atoms with Crippen LogP contribution in [0, 0.1) is 5.92 Å². The normalized spacial score (nSPS) is 18.7. The molecule has 9 heteroatoms. The molecule has 1 unspecified atom stereocenters. The highest BCUT2D eigenvalue weighted by Crippen LogP contribution is 2.30. The molecule has 1 aliphatic heterocycles. The molecule has 0 bridgehead atoms. The summed E-state index contributed by atoms with van der Waals surface area (Å²) in [6, 6.07) is 5.57. The molecule has 0 aliphatic carbocycles. The Labute approximate surface area is 172 Å². The zero-order chi connectivity index (χ0) is 18.3. The van der Waals surface area contributed by atoms with Gasteiger partial charge in [0.15, 0.2) is 27.3 Å². The molecule has 148 valence electrons. The Morgan fingerprint density at radius 3 is 2.65 bits per heavy atom. The Balaban J connectivity index is 0.00000338. The van der Waals surface area contributed by atoms with Crippen molar-refractivity contribution in [2.45, 2.75) is 20.3 Å². The number of aliphatic imine (C=N–C) groups is 1. The summed E-state index contributed by atoms with van der Waals surface area (Å²) < 4.78 is 34.0. The van der Waals surface area contributed by atoms with Crippen LogP contribution >= 0.6 is 24.0 Å². The number of ether oxygens (including phenoxy) is 2. The molecule has 0 amide bonds. The van der Waals surface area contributed by atoms with Gasteiger partial charge >= 0.3 is 0 Å². The van der Waals surface area contributed by atoms with Crippen molar-refractivity contribution >= 4 is 45.5 Å². The fraction of sp³-hybridized carbons (Fsp3) is 0.588. The van der Waals surface area contributed by atoms with Gasteiger partial charge in [-0.15, -0.1) is 24.0 Å². The molecule has 1 atom stereocenters. The van der Waals surface area contributed by atoms with Crippen molar-refractivity contribution in [3.05, 3.63) is 18.2 Å². The number of sulfone groups is 1. The minimum Gasteiger partial charge on any atom is -0.493 e. The summed E-state index contributed by atoms with van der Waals surface area (Å²) in [5, 5.41) is 6.40. The number of nitrogens with one attached hydrogen (secondary N) is 2. The Morgan fingerprint density at radius 2 is 2.08 bits per heavy atom. The number of nitrogens with zero attached hydrogens (tertiary/aromatic N) is 1. The number of methoxy groups -OCH3 is 1. The van der Waals surface area contributed by atoms with E-state index < -0.39 is 9.84 Å². The SMILES string of the molecule is CCNC(=NCC1CCS(=O)(=O)C1)Nc1ccc(OC)c(OCC)c1.I. The average Bonchev–Trinajstić information content (AvgIpc) is 2.92. The summed E-state index contributed by atoms with van der Waals surface area (Å²) >= 11 is 0. The second kappa shape index (κ2) is 10.8. The first kappa shape index (κ1) is 22.8.